The lowest BCUT2D eigenvalue weighted by molar-refractivity contribution is 0.507. The second-order valence-electron chi connectivity index (χ2n) is 4.67. The van der Waals surface area contributed by atoms with Crippen molar-refractivity contribution in [2.75, 3.05) is 0 Å². The Hall–Kier alpha value is -0.530. The molecule has 1 nitrogen and oxygen atoms in total. The summed E-state index contributed by atoms with van der Waals surface area (Å²) in [5.74, 6) is 0.742. The fourth-order valence-corrected chi connectivity index (χ4v) is 1.68. The fourth-order valence-electron chi connectivity index (χ4n) is 1.68. The highest BCUT2D eigenvalue weighted by Gasteiger charge is 2.06. The highest BCUT2D eigenvalue weighted by molar-refractivity contribution is 5.85. The maximum Gasteiger partial charge on any atom is 0.0294 e. The number of nitrogens with two attached hydrogens (primary N) is 1. The SMILES string of the molecule is CCc1ccc(C(N)CCC(C)C)cc1.Cl. The van der Waals surface area contributed by atoms with Gasteiger partial charge in [-0.3, -0.25) is 0 Å². The van der Waals surface area contributed by atoms with Crippen molar-refractivity contribution >= 4 is 12.4 Å². The minimum atomic E-state index is 0. The molecule has 0 fully saturated rings. The van der Waals surface area contributed by atoms with Crippen LogP contribution < -0.4 is 5.73 Å². The summed E-state index contributed by atoms with van der Waals surface area (Å²) in [6, 6.07) is 8.92. The minimum absolute atomic E-state index is 0. The van der Waals surface area contributed by atoms with E-state index in [-0.39, 0.29) is 18.4 Å². The van der Waals surface area contributed by atoms with Gasteiger partial charge in [-0.25, -0.2) is 0 Å². The summed E-state index contributed by atoms with van der Waals surface area (Å²) in [4.78, 5) is 0. The van der Waals surface area contributed by atoms with E-state index in [4.69, 9.17) is 5.73 Å². The molecular weight excluding hydrogens is 218 g/mol. The summed E-state index contributed by atoms with van der Waals surface area (Å²) in [5.41, 5.74) is 8.79. The van der Waals surface area contributed by atoms with E-state index in [2.05, 4.69) is 45.0 Å². The number of rotatable bonds is 5. The van der Waals surface area contributed by atoms with Crippen LogP contribution in [0.2, 0.25) is 0 Å². The lowest BCUT2D eigenvalue weighted by Gasteiger charge is -2.13. The van der Waals surface area contributed by atoms with Crippen LogP contribution in [0.5, 0.6) is 0 Å². The first kappa shape index (κ1) is 15.5. The molecular formula is C14H24ClN. The van der Waals surface area contributed by atoms with Gasteiger partial charge in [-0.15, -0.1) is 12.4 Å². The third kappa shape index (κ3) is 5.00. The predicted molar refractivity (Wildman–Crippen MR) is 74.1 cm³/mol. The van der Waals surface area contributed by atoms with E-state index < -0.39 is 0 Å². The Morgan fingerprint density at radius 1 is 1.06 bits per heavy atom. The van der Waals surface area contributed by atoms with Crippen LogP contribution in [0.25, 0.3) is 0 Å². The van der Waals surface area contributed by atoms with Crippen molar-refractivity contribution in [3.63, 3.8) is 0 Å². The monoisotopic (exact) mass is 241 g/mol. The Morgan fingerprint density at radius 3 is 2.06 bits per heavy atom. The lowest BCUT2D eigenvalue weighted by Crippen LogP contribution is -2.11. The van der Waals surface area contributed by atoms with Gasteiger partial charge in [-0.05, 0) is 36.3 Å². The normalized spacial score (nSPS) is 12.3. The molecule has 0 heterocycles. The van der Waals surface area contributed by atoms with Gasteiger partial charge in [0, 0.05) is 6.04 Å². The topological polar surface area (TPSA) is 26.0 Å². The molecule has 2 N–H and O–H groups in total. The molecule has 1 atom stereocenters. The largest absolute Gasteiger partial charge is 0.324 e. The number of aryl methyl sites for hydroxylation is 1. The number of halogens is 1. The summed E-state index contributed by atoms with van der Waals surface area (Å²) in [7, 11) is 0. The van der Waals surface area contributed by atoms with Crippen molar-refractivity contribution in [2.45, 2.75) is 46.1 Å². The maximum absolute atomic E-state index is 6.13. The molecule has 16 heavy (non-hydrogen) atoms. The van der Waals surface area contributed by atoms with Crippen LogP contribution in [0.3, 0.4) is 0 Å². The van der Waals surface area contributed by atoms with Crippen LogP contribution in [-0.4, -0.2) is 0 Å². The van der Waals surface area contributed by atoms with Crippen LogP contribution in [0.15, 0.2) is 24.3 Å². The average Bonchev–Trinajstić information content (AvgIpc) is 2.26. The molecule has 0 bridgehead atoms. The van der Waals surface area contributed by atoms with E-state index >= 15 is 0 Å². The molecule has 2 heteroatoms. The highest BCUT2D eigenvalue weighted by Crippen LogP contribution is 2.19. The van der Waals surface area contributed by atoms with Gasteiger partial charge in [0.2, 0.25) is 0 Å². The van der Waals surface area contributed by atoms with Crippen LogP contribution in [-0.2, 0) is 6.42 Å². The average molecular weight is 242 g/mol. The van der Waals surface area contributed by atoms with Crippen molar-refractivity contribution in [2.24, 2.45) is 11.7 Å². The number of hydrogen-bond acceptors (Lipinski definition) is 1. The quantitative estimate of drug-likeness (QED) is 0.825. The Bertz CT molecular complexity index is 279. The third-order valence-electron chi connectivity index (χ3n) is 2.87. The zero-order valence-electron chi connectivity index (χ0n) is 10.6. The first-order valence-electron chi connectivity index (χ1n) is 5.98. The molecule has 1 unspecified atom stereocenters. The van der Waals surface area contributed by atoms with Gasteiger partial charge >= 0.3 is 0 Å². The molecule has 1 aromatic carbocycles. The third-order valence-corrected chi connectivity index (χ3v) is 2.87. The Balaban J connectivity index is 0.00000225. The van der Waals surface area contributed by atoms with Gasteiger partial charge in [0.15, 0.2) is 0 Å². The highest BCUT2D eigenvalue weighted by atomic mass is 35.5. The Morgan fingerprint density at radius 2 is 1.62 bits per heavy atom. The summed E-state index contributed by atoms with van der Waals surface area (Å²) < 4.78 is 0. The summed E-state index contributed by atoms with van der Waals surface area (Å²) in [6.45, 7) is 6.66. The molecule has 0 saturated heterocycles. The van der Waals surface area contributed by atoms with E-state index in [1.165, 1.54) is 17.5 Å². The van der Waals surface area contributed by atoms with Gasteiger partial charge < -0.3 is 5.73 Å². The van der Waals surface area contributed by atoms with E-state index in [1.54, 1.807) is 0 Å². The summed E-state index contributed by atoms with van der Waals surface area (Å²) >= 11 is 0. The van der Waals surface area contributed by atoms with Crippen LogP contribution >= 0.6 is 12.4 Å². The van der Waals surface area contributed by atoms with Crippen molar-refractivity contribution in [1.82, 2.24) is 0 Å². The first-order chi connectivity index (χ1) is 7.13. The van der Waals surface area contributed by atoms with Gasteiger partial charge in [0.25, 0.3) is 0 Å². The molecule has 0 spiro atoms. The van der Waals surface area contributed by atoms with E-state index in [1.807, 2.05) is 0 Å². The van der Waals surface area contributed by atoms with Crippen LogP contribution in [0, 0.1) is 5.92 Å². The second kappa shape index (κ2) is 7.70. The fraction of sp³-hybridized carbons (Fsp3) is 0.571. The van der Waals surface area contributed by atoms with Gasteiger partial charge in [0.1, 0.15) is 0 Å². The molecule has 1 aromatic rings. The molecule has 0 aliphatic rings. The standard InChI is InChI=1S/C14H23N.ClH/c1-4-12-6-8-13(9-7-12)14(15)10-5-11(2)3;/h6-9,11,14H,4-5,10,15H2,1-3H3;1H. The Kier molecular flexibility index (Phi) is 7.44. The van der Waals surface area contributed by atoms with Gasteiger partial charge in [-0.2, -0.15) is 0 Å². The van der Waals surface area contributed by atoms with E-state index in [9.17, 15) is 0 Å². The van der Waals surface area contributed by atoms with Crippen LogP contribution in [0.4, 0.5) is 0 Å². The predicted octanol–water partition coefficient (Wildman–Crippen LogP) is 4.11. The van der Waals surface area contributed by atoms with Gasteiger partial charge in [0.05, 0.1) is 0 Å². The number of hydrogen-bond donors (Lipinski definition) is 1. The van der Waals surface area contributed by atoms with E-state index in [0.29, 0.717) is 0 Å². The number of benzene rings is 1. The summed E-state index contributed by atoms with van der Waals surface area (Å²) in [5, 5.41) is 0. The molecule has 0 saturated carbocycles. The molecule has 0 aromatic heterocycles. The van der Waals surface area contributed by atoms with Crippen LogP contribution in [0.1, 0.15) is 50.8 Å². The first-order valence-corrected chi connectivity index (χ1v) is 5.98. The van der Waals surface area contributed by atoms with Crippen molar-refractivity contribution in [3.05, 3.63) is 35.4 Å². The van der Waals surface area contributed by atoms with Crippen molar-refractivity contribution in [1.29, 1.82) is 0 Å². The molecule has 0 aliphatic carbocycles. The lowest BCUT2D eigenvalue weighted by atomic mass is 9.97. The zero-order valence-corrected chi connectivity index (χ0v) is 11.4. The van der Waals surface area contributed by atoms with Crippen molar-refractivity contribution < 1.29 is 0 Å². The molecule has 0 radical (unpaired) electrons. The zero-order chi connectivity index (χ0) is 11.3. The Labute approximate surface area is 106 Å². The minimum Gasteiger partial charge on any atom is -0.324 e. The molecule has 92 valence electrons. The molecule has 0 aliphatic heterocycles. The summed E-state index contributed by atoms with van der Waals surface area (Å²) in [6.07, 6.45) is 3.39. The second-order valence-corrected chi connectivity index (χ2v) is 4.67. The molecule has 0 amide bonds. The smallest absolute Gasteiger partial charge is 0.0294 e. The van der Waals surface area contributed by atoms with Gasteiger partial charge in [-0.1, -0.05) is 45.0 Å². The van der Waals surface area contributed by atoms with Crippen molar-refractivity contribution in [3.8, 4) is 0 Å². The molecule has 1 rings (SSSR count). The van der Waals surface area contributed by atoms with E-state index in [0.717, 1.165) is 18.8 Å². The maximum atomic E-state index is 6.13.